The maximum absolute atomic E-state index is 11.3. The summed E-state index contributed by atoms with van der Waals surface area (Å²) in [7, 11) is -2.87. The maximum atomic E-state index is 11.3. The van der Waals surface area contributed by atoms with Gasteiger partial charge in [0.1, 0.15) is 9.84 Å². The lowest BCUT2D eigenvalue weighted by molar-refractivity contribution is 0.0611. The van der Waals surface area contributed by atoms with Crippen molar-refractivity contribution in [3.8, 4) is 0 Å². The van der Waals surface area contributed by atoms with Gasteiger partial charge in [-0.3, -0.25) is 0 Å². The summed E-state index contributed by atoms with van der Waals surface area (Å²) in [6.07, 6.45) is 1.61. The number of rotatable bonds is 6. The van der Waals surface area contributed by atoms with Gasteiger partial charge in [-0.2, -0.15) is 0 Å². The van der Waals surface area contributed by atoms with E-state index in [4.69, 9.17) is 4.74 Å². The third-order valence-corrected chi connectivity index (χ3v) is 5.17. The average Bonchev–Trinajstić information content (AvgIpc) is 2.43. The molecular weight excluding hydrogens is 262 g/mol. The number of benzene rings is 1. The van der Waals surface area contributed by atoms with Crippen LogP contribution in [-0.2, 0) is 21.0 Å². The SMILES string of the molecule is CCS(=O)(=O)CCCOC1CNc2ccccc2C1. The minimum Gasteiger partial charge on any atom is -0.382 e. The molecule has 1 heterocycles. The summed E-state index contributed by atoms with van der Waals surface area (Å²) in [5.74, 6) is 0.436. The molecular formula is C14H21NO3S. The van der Waals surface area contributed by atoms with Gasteiger partial charge in [0.15, 0.2) is 0 Å². The van der Waals surface area contributed by atoms with Crippen LogP contribution >= 0.6 is 0 Å². The van der Waals surface area contributed by atoms with Gasteiger partial charge in [0.05, 0.1) is 11.9 Å². The van der Waals surface area contributed by atoms with Crippen molar-refractivity contribution in [1.82, 2.24) is 0 Å². The van der Waals surface area contributed by atoms with Crippen molar-refractivity contribution >= 4 is 15.5 Å². The van der Waals surface area contributed by atoms with Gasteiger partial charge in [-0.25, -0.2) is 8.42 Å². The minimum absolute atomic E-state index is 0.138. The zero-order valence-corrected chi connectivity index (χ0v) is 12.1. The van der Waals surface area contributed by atoms with E-state index in [0.717, 1.165) is 13.0 Å². The Morgan fingerprint density at radius 3 is 2.95 bits per heavy atom. The normalized spacial score (nSPS) is 18.7. The molecule has 1 atom stereocenters. The summed E-state index contributed by atoms with van der Waals surface area (Å²) in [6, 6.07) is 8.21. The molecule has 1 unspecified atom stereocenters. The molecule has 0 spiro atoms. The molecule has 2 rings (SSSR count). The van der Waals surface area contributed by atoms with E-state index in [1.54, 1.807) is 6.92 Å². The number of sulfone groups is 1. The molecule has 1 aliphatic rings. The first-order chi connectivity index (χ1) is 9.11. The molecule has 0 saturated carbocycles. The van der Waals surface area contributed by atoms with Crippen molar-refractivity contribution in [1.29, 1.82) is 0 Å². The van der Waals surface area contributed by atoms with Gasteiger partial charge in [-0.1, -0.05) is 25.1 Å². The minimum atomic E-state index is -2.87. The molecule has 0 bridgehead atoms. The lowest BCUT2D eigenvalue weighted by Crippen LogP contribution is -2.31. The summed E-state index contributed by atoms with van der Waals surface area (Å²) in [6.45, 7) is 2.98. The first-order valence-corrected chi connectivity index (χ1v) is 8.56. The van der Waals surface area contributed by atoms with E-state index < -0.39 is 9.84 Å². The van der Waals surface area contributed by atoms with Crippen LogP contribution in [0.4, 0.5) is 5.69 Å². The lowest BCUT2D eigenvalue weighted by Gasteiger charge is -2.26. The van der Waals surface area contributed by atoms with Crippen molar-refractivity contribution in [2.75, 3.05) is 30.0 Å². The zero-order chi connectivity index (χ0) is 13.7. The first kappa shape index (κ1) is 14.3. The Bertz CT molecular complexity index is 513. The molecule has 19 heavy (non-hydrogen) atoms. The van der Waals surface area contributed by atoms with Crippen LogP contribution in [-0.4, -0.2) is 39.2 Å². The largest absolute Gasteiger partial charge is 0.382 e. The van der Waals surface area contributed by atoms with Gasteiger partial charge in [-0.05, 0) is 18.1 Å². The zero-order valence-electron chi connectivity index (χ0n) is 11.3. The van der Waals surface area contributed by atoms with Crippen molar-refractivity contribution in [2.24, 2.45) is 0 Å². The van der Waals surface area contributed by atoms with Crippen molar-refractivity contribution in [3.05, 3.63) is 29.8 Å². The molecule has 106 valence electrons. The predicted molar refractivity (Wildman–Crippen MR) is 77.3 cm³/mol. The van der Waals surface area contributed by atoms with E-state index in [1.807, 2.05) is 12.1 Å². The molecule has 0 radical (unpaired) electrons. The molecule has 5 heteroatoms. The Labute approximate surface area is 115 Å². The van der Waals surface area contributed by atoms with Crippen LogP contribution in [0.3, 0.4) is 0 Å². The van der Waals surface area contributed by atoms with E-state index in [2.05, 4.69) is 17.4 Å². The van der Waals surface area contributed by atoms with E-state index in [0.29, 0.717) is 13.0 Å². The molecule has 1 aromatic carbocycles. The van der Waals surface area contributed by atoms with Crippen molar-refractivity contribution in [3.63, 3.8) is 0 Å². The fourth-order valence-electron chi connectivity index (χ4n) is 2.20. The van der Waals surface area contributed by atoms with Gasteiger partial charge in [0.2, 0.25) is 0 Å². The number of fused-ring (bicyclic) bond motifs is 1. The molecule has 1 N–H and O–H groups in total. The van der Waals surface area contributed by atoms with Crippen LogP contribution < -0.4 is 5.32 Å². The third kappa shape index (κ3) is 4.21. The van der Waals surface area contributed by atoms with Crippen molar-refractivity contribution < 1.29 is 13.2 Å². The third-order valence-electron chi connectivity index (χ3n) is 3.38. The van der Waals surface area contributed by atoms with E-state index in [-0.39, 0.29) is 17.6 Å². The average molecular weight is 283 g/mol. The smallest absolute Gasteiger partial charge is 0.150 e. The number of hydrogen-bond donors (Lipinski definition) is 1. The van der Waals surface area contributed by atoms with Gasteiger partial charge in [-0.15, -0.1) is 0 Å². The van der Waals surface area contributed by atoms with Crippen LogP contribution in [0.5, 0.6) is 0 Å². The molecule has 1 aliphatic heterocycles. The highest BCUT2D eigenvalue weighted by Crippen LogP contribution is 2.22. The number of para-hydroxylation sites is 1. The second kappa shape index (κ2) is 6.39. The molecule has 1 aromatic rings. The summed E-state index contributed by atoms with van der Waals surface area (Å²) in [4.78, 5) is 0. The number of anilines is 1. The first-order valence-electron chi connectivity index (χ1n) is 6.74. The van der Waals surface area contributed by atoms with Crippen LogP contribution in [0, 0.1) is 0 Å². The van der Waals surface area contributed by atoms with Crippen LogP contribution in [0.2, 0.25) is 0 Å². The van der Waals surface area contributed by atoms with Gasteiger partial charge >= 0.3 is 0 Å². The monoisotopic (exact) mass is 283 g/mol. The Balaban J connectivity index is 1.74. The molecule has 0 fully saturated rings. The number of nitrogens with one attached hydrogen (secondary N) is 1. The molecule has 4 nitrogen and oxygen atoms in total. The summed E-state index contributed by atoms with van der Waals surface area (Å²) >= 11 is 0. The summed E-state index contributed by atoms with van der Waals surface area (Å²) in [5.41, 5.74) is 2.44. The Hall–Kier alpha value is -1.07. The van der Waals surface area contributed by atoms with E-state index in [9.17, 15) is 8.42 Å². The number of hydrogen-bond acceptors (Lipinski definition) is 4. The highest BCUT2D eigenvalue weighted by molar-refractivity contribution is 7.91. The highest BCUT2D eigenvalue weighted by Gasteiger charge is 2.18. The molecule has 0 saturated heterocycles. The quantitative estimate of drug-likeness (QED) is 0.810. The van der Waals surface area contributed by atoms with Gasteiger partial charge < -0.3 is 10.1 Å². The molecule has 0 aromatic heterocycles. The predicted octanol–water partition coefficient (Wildman–Crippen LogP) is 1.86. The summed E-state index contributed by atoms with van der Waals surface area (Å²) in [5, 5.41) is 3.34. The van der Waals surface area contributed by atoms with E-state index >= 15 is 0 Å². The fourth-order valence-corrected chi connectivity index (χ4v) is 3.05. The molecule has 0 amide bonds. The summed E-state index contributed by atoms with van der Waals surface area (Å²) < 4.78 is 28.4. The molecule has 0 aliphatic carbocycles. The highest BCUT2D eigenvalue weighted by atomic mass is 32.2. The number of ether oxygens (including phenoxy) is 1. The van der Waals surface area contributed by atoms with Gasteiger partial charge in [0, 0.05) is 31.0 Å². The lowest BCUT2D eigenvalue weighted by atomic mass is 10.0. The fraction of sp³-hybridized carbons (Fsp3) is 0.571. The Morgan fingerprint density at radius 1 is 1.37 bits per heavy atom. The Kier molecular flexibility index (Phi) is 4.82. The maximum Gasteiger partial charge on any atom is 0.150 e. The second-order valence-corrected chi connectivity index (χ2v) is 7.30. The standard InChI is InChI=1S/C14H21NO3S/c1-2-19(16,17)9-5-8-18-13-10-12-6-3-4-7-14(12)15-11-13/h3-4,6-7,13,15H,2,5,8-11H2,1H3. The topological polar surface area (TPSA) is 55.4 Å². The van der Waals surface area contributed by atoms with Gasteiger partial charge in [0.25, 0.3) is 0 Å². The van der Waals surface area contributed by atoms with Crippen LogP contribution in [0.1, 0.15) is 18.9 Å². The van der Waals surface area contributed by atoms with E-state index in [1.165, 1.54) is 11.3 Å². The van der Waals surface area contributed by atoms with Crippen LogP contribution in [0.15, 0.2) is 24.3 Å². The van der Waals surface area contributed by atoms with Crippen LogP contribution in [0.25, 0.3) is 0 Å². The van der Waals surface area contributed by atoms with Crippen molar-refractivity contribution in [2.45, 2.75) is 25.9 Å². The second-order valence-electron chi connectivity index (χ2n) is 4.82. The Morgan fingerprint density at radius 2 is 2.16 bits per heavy atom.